The minimum absolute atomic E-state index is 0.131. The van der Waals surface area contributed by atoms with Crippen LogP contribution in [0.1, 0.15) is 35.9 Å². The van der Waals surface area contributed by atoms with E-state index >= 15 is 0 Å². The Kier molecular flexibility index (Phi) is 5.98. The van der Waals surface area contributed by atoms with E-state index < -0.39 is 17.2 Å². The predicted molar refractivity (Wildman–Crippen MR) is 106 cm³/mol. The maximum atomic E-state index is 12.4. The van der Waals surface area contributed by atoms with E-state index in [9.17, 15) is 14.4 Å². The van der Waals surface area contributed by atoms with E-state index in [2.05, 4.69) is 15.0 Å². The van der Waals surface area contributed by atoms with Gasteiger partial charge in [0.1, 0.15) is 17.5 Å². The molecule has 3 rings (SSSR count). The summed E-state index contributed by atoms with van der Waals surface area (Å²) in [5.41, 5.74) is -0.0776. The number of carbonyl (C=O) groups excluding carboxylic acids is 1. The number of pyridine rings is 1. The minimum atomic E-state index is -0.526. The highest BCUT2D eigenvalue weighted by Gasteiger charge is 2.19. The lowest BCUT2D eigenvalue weighted by Crippen LogP contribution is -2.31. The fourth-order valence-electron chi connectivity index (χ4n) is 2.86. The molecule has 0 atom stereocenters. The Hall–Kier alpha value is -2.88. The quantitative estimate of drug-likeness (QED) is 0.472. The molecular formula is C18H21N5O4S. The van der Waals surface area contributed by atoms with Crippen molar-refractivity contribution in [1.29, 1.82) is 0 Å². The number of imidazole rings is 1. The van der Waals surface area contributed by atoms with Crippen LogP contribution in [0.2, 0.25) is 0 Å². The number of carbonyl (C=O) groups is 1. The van der Waals surface area contributed by atoms with E-state index in [4.69, 9.17) is 4.74 Å². The van der Waals surface area contributed by atoms with Gasteiger partial charge in [-0.1, -0.05) is 13.3 Å². The predicted octanol–water partition coefficient (Wildman–Crippen LogP) is 1.70. The van der Waals surface area contributed by atoms with Gasteiger partial charge >= 0.3 is 11.7 Å². The Morgan fingerprint density at radius 1 is 1.36 bits per heavy atom. The van der Waals surface area contributed by atoms with Crippen molar-refractivity contribution >= 4 is 28.9 Å². The molecule has 9 nitrogen and oxygen atoms in total. The number of esters is 1. The van der Waals surface area contributed by atoms with Gasteiger partial charge in [-0.25, -0.2) is 19.6 Å². The molecule has 0 aliphatic heterocycles. The summed E-state index contributed by atoms with van der Waals surface area (Å²) in [7, 11) is 1.65. The van der Waals surface area contributed by atoms with Gasteiger partial charge in [-0.2, -0.15) is 0 Å². The number of rotatable bonds is 7. The van der Waals surface area contributed by atoms with Crippen LogP contribution in [0.4, 0.5) is 0 Å². The number of hydrogen-bond donors (Lipinski definition) is 1. The first kappa shape index (κ1) is 19.9. The SMILES string of the molecule is CCCCn1c(=O)[nH]c(=O)c2c1nc(COC(=O)c1cccnc1SC)n2C. The average molecular weight is 403 g/mol. The lowest BCUT2D eigenvalue weighted by molar-refractivity contribution is 0.0454. The number of ether oxygens (including phenoxy) is 1. The van der Waals surface area contributed by atoms with E-state index in [-0.39, 0.29) is 12.1 Å². The van der Waals surface area contributed by atoms with Crippen LogP contribution in [0.5, 0.6) is 0 Å². The van der Waals surface area contributed by atoms with Crippen LogP contribution in [0, 0.1) is 0 Å². The van der Waals surface area contributed by atoms with Gasteiger partial charge in [0.2, 0.25) is 0 Å². The first-order valence-electron chi connectivity index (χ1n) is 8.82. The smallest absolute Gasteiger partial charge is 0.341 e. The van der Waals surface area contributed by atoms with Crippen molar-refractivity contribution in [2.45, 2.75) is 37.9 Å². The summed E-state index contributed by atoms with van der Waals surface area (Å²) in [6.45, 7) is 2.33. The largest absolute Gasteiger partial charge is 0.454 e. The number of nitrogens with one attached hydrogen (secondary N) is 1. The monoisotopic (exact) mass is 403 g/mol. The molecule has 0 bridgehead atoms. The Morgan fingerprint density at radius 2 is 2.14 bits per heavy atom. The number of aryl methyl sites for hydroxylation is 2. The molecule has 3 heterocycles. The summed E-state index contributed by atoms with van der Waals surface area (Å²) in [6, 6.07) is 3.31. The third-order valence-electron chi connectivity index (χ3n) is 4.36. The first-order valence-corrected chi connectivity index (χ1v) is 10.0. The Morgan fingerprint density at radius 3 is 2.86 bits per heavy atom. The zero-order valence-corrected chi connectivity index (χ0v) is 16.7. The molecule has 28 heavy (non-hydrogen) atoms. The number of thioether (sulfide) groups is 1. The Balaban J connectivity index is 1.93. The second kappa shape index (κ2) is 8.42. The van der Waals surface area contributed by atoms with Crippen LogP contribution in [0.3, 0.4) is 0 Å². The minimum Gasteiger partial charge on any atom is -0.454 e. The molecule has 0 saturated heterocycles. The summed E-state index contributed by atoms with van der Waals surface area (Å²) in [5.74, 6) is -0.152. The van der Waals surface area contributed by atoms with Gasteiger partial charge in [-0.15, -0.1) is 11.8 Å². The lowest BCUT2D eigenvalue weighted by Gasteiger charge is -2.07. The van der Waals surface area contributed by atoms with Gasteiger partial charge in [0, 0.05) is 19.8 Å². The van der Waals surface area contributed by atoms with E-state index in [1.54, 1.807) is 29.9 Å². The van der Waals surface area contributed by atoms with Crippen LogP contribution in [-0.4, -0.2) is 36.3 Å². The van der Waals surface area contributed by atoms with Gasteiger partial charge in [0.25, 0.3) is 5.56 Å². The van der Waals surface area contributed by atoms with Gasteiger partial charge in [0.15, 0.2) is 11.2 Å². The van der Waals surface area contributed by atoms with Crippen molar-refractivity contribution in [2.24, 2.45) is 7.05 Å². The summed E-state index contributed by atoms with van der Waals surface area (Å²) >= 11 is 1.35. The van der Waals surface area contributed by atoms with Gasteiger partial charge < -0.3 is 9.30 Å². The van der Waals surface area contributed by atoms with Gasteiger partial charge in [-0.05, 0) is 24.8 Å². The molecular weight excluding hydrogens is 382 g/mol. The highest BCUT2D eigenvalue weighted by atomic mass is 32.2. The number of unbranched alkanes of at least 4 members (excludes halogenated alkanes) is 1. The zero-order chi connectivity index (χ0) is 20.3. The van der Waals surface area contributed by atoms with Crippen LogP contribution < -0.4 is 11.2 Å². The van der Waals surface area contributed by atoms with Crippen molar-refractivity contribution in [3.8, 4) is 0 Å². The fourth-order valence-corrected chi connectivity index (χ4v) is 3.40. The van der Waals surface area contributed by atoms with Crippen LogP contribution in [0.15, 0.2) is 32.9 Å². The van der Waals surface area contributed by atoms with Crippen molar-refractivity contribution in [2.75, 3.05) is 6.26 Å². The van der Waals surface area contributed by atoms with Crippen molar-refractivity contribution < 1.29 is 9.53 Å². The molecule has 0 unspecified atom stereocenters. The molecule has 148 valence electrons. The average Bonchev–Trinajstić information content (AvgIpc) is 3.02. The molecule has 0 aliphatic carbocycles. The van der Waals surface area contributed by atoms with E-state index in [0.717, 1.165) is 12.8 Å². The van der Waals surface area contributed by atoms with Crippen LogP contribution in [0.25, 0.3) is 11.2 Å². The summed E-state index contributed by atoms with van der Waals surface area (Å²) in [5, 5.41) is 0.572. The molecule has 0 saturated carbocycles. The molecule has 0 radical (unpaired) electrons. The molecule has 0 fully saturated rings. The van der Waals surface area contributed by atoms with Crippen molar-refractivity contribution in [3.05, 3.63) is 50.6 Å². The summed E-state index contributed by atoms with van der Waals surface area (Å²) < 4.78 is 8.37. The van der Waals surface area contributed by atoms with Gasteiger partial charge in [0.05, 0.1) is 5.56 Å². The molecule has 10 heteroatoms. The molecule has 3 aromatic heterocycles. The molecule has 0 amide bonds. The molecule has 0 spiro atoms. The third kappa shape index (κ3) is 3.72. The number of aromatic nitrogens is 5. The molecule has 0 aliphatic rings. The first-order chi connectivity index (χ1) is 13.5. The number of H-pyrrole nitrogens is 1. The third-order valence-corrected chi connectivity index (χ3v) is 5.07. The van der Waals surface area contributed by atoms with E-state index in [0.29, 0.717) is 28.6 Å². The number of hydrogen-bond acceptors (Lipinski definition) is 7. The van der Waals surface area contributed by atoms with E-state index in [1.165, 1.54) is 16.3 Å². The van der Waals surface area contributed by atoms with Gasteiger partial charge in [-0.3, -0.25) is 14.3 Å². The molecule has 1 N–H and O–H groups in total. The maximum absolute atomic E-state index is 12.4. The summed E-state index contributed by atoms with van der Waals surface area (Å²) in [6.07, 6.45) is 5.11. The standard InChI is InChI=1S/C18H21N5O4S/c1-4-5-9-23-14-13(15(24)21-18(23)26)22(2)12(20-14)10-27-17(25)11-7-6-8-19-16(11)28-3/h6-8H,4-5,9-10H2,1-3H3,(H,21,24,26). The van der Waals surface area contributed by atoms with E-state index in [1.807, 2.05) is 13.2 Å². The van der Waals surface area contributed by atoms with Crippen LogP contribution >= 0.6 is 11.8 Å². The second-order valence-corrected chi connectivity index (χ2v) is 6.96. The van der Waals surface area contributed by atoms with Crippen molar-refractivity contribution in [1.82, 2.24) is 24.1 Å². The highest BCUT2D eigenvalue weighted by Crippen LogP contribution is 2.18. The number of fused-ring (bicyclic) bond motifs is 1. The normalized spacial score (nSPS) is 11.1. The second-order valence-electron chi connectivity index (χ2n) is 6.16. The lowest BCUT2D eigenvalue weighted by atomic mass is 10.3. The summed E-state index contributed by atoms with van der Waals surface area (Å²) in [4.78, 5) is 47.7. The maximum Gasteiger partial charge on any atom is 0.341 e. The zero-order valence-electron chi connectivity index (χ0n) is 15.9. The Labute approximate surface area is 164 Å². The number of nitrogens with zero attached hydrogens (tertiary/aromatic N) is 4. The highest BCUT2D eigenvalue weighted by molar-refractivity contribution is 7.98. The molecule has 0 aromatic carbocycles. The van der Waals surface area contributed by atoms with Crippen molar-refractivity contribution in [3.63, 3.8) is 0 Å². The Bertz CT molecular complexity index is 1130. The fraction of sp³-hybridized carbons (Fsp3) is 0.389. The van der Waals surface area contributed by atoms with Crippen LogP contribution in [-0.2, 0) is 24.9 Å². The molecule has 3 aromatic rings. The number of aromatic amines is 1. The topological polar surface area (TPSA) is 112 Å².